The van der Waals surface area contributed by atoms with Crippen LogP contribution in [0.25, 0.3) is 0 Å². The van der Waals surface area contributed by atoms with Gasteiger partial charge in [-0.15, -0.1) is 0 Å². The van der Waals surface area contributed by atoms with Gasteiger partial charge in [0.05, 0.1) is 10.8 Å². The van der Waals surface area contributed by atoms with Crippen molar-refractivity contribution in [2.24, 2.45) is 5.92 Å². The van der Waals surface area contributed by atoms with Gasteiger partial charge in [0.15, 0.2) is 0 Å². The summed E-state index contributed by atoms with van der Waals surface area (Å²) >= 11 is 0. The van der Waals surface area contributed by atoms with Gasteiger partial charge in [-0.2, -0.15) is 0 Å². The maximum Gasteiger partial charge on any atom is 0.240 e. The summed E-state index contributed by atoms with van der Waals surface area (Å²) in [5.41, 5.74) is 0. The van der Waals surface area contributed by atoms with Gasteiger partial charge >= 0.3 is 0 Å². The number of likely N-dealkylation sites (tertiary alicyclic amines) is 1. The molecule has 1 fully saturated rings. The summed E-state index contributed by atoms with van der Waals surface area (Å²) in [5.74, 6) is -0.584. The van der Waals surface area contributed by atoms with Crippen LogP contribution < -0.4 is 10.0 Å². The SMILES string of the molecule is CCN1CC(C(=O)NCCNS(=O)(=O)c2ccccc2)CC1=O. The van der Waals surface area contributed by atoms with E-state index in [9.17, 15) is 18.0 Å². The van der Waals surface area contributed by atoms with Crippen LogP contribution in [0.3, 0.4) is 0 Å². The van der Waals surface area contributed by atoms with Gasteiger partial charge in [0.2, 0.25) is 21.8 Å². The second kappa shape index (κ2) is 7.56. The van der Waals surface area contributed by atoms with Crippen molar-refractivity contribution in [1.29, 1.82) is 0 Å². The average molecular weight is 339 g/mol. The minimum absolute atomic E-state index is 0.0163. The summed E-state index contributed by atoms with van der Waals surface area (Å²) < 4.78 is 26.4. The highest BCUT2D eigenvalue weighted by Crippen LogP contribution is 2.17. The first-order valence-electron chi connectivity index (χ1n) is 7.54. The van der Waals surface area contributed by atoms with E-state index >= 15 is 0 Å². The van der Waals surface area contributed by atoms with E-state index < -0.39 is 10.0 Å². The Balaban J connectivity index is 1.75. The Morgan fingerprint density at radius 2 is 1.96 bits per heavy atom. The van der Waals surface area contributed by atoms with E-state index in [1.807, 2.05) is 6.92 Å². The standard InChI is InChI=1S/C15H21N3O4S/c1-2-18-11-12(10-14(18)19)15(20)16-8-9-17-23(21,22)13-6-4-3-5-7-13/h3-7,12,17H,2,8-11H2,1H3,(H,16,20). The number of rotatable bonds is 7. The molecule has 1 aromatic rings. The molecule has 2 amide bonds. The number of nitrogens with zero attached hydrogens (tertiary/aromatic N) is 1. The second-order valence-electron chi connectivity index (χ2n) is 5.34. The molecular formula is C15H21N3O4S. The lowest BCUT2D eigenvalue weighted by atomic mass is 10.1. The van der Waals surface area contributed by atoms with E-state index in [1.54, 1.807) is 23.1 Å². The first-order chi connectivity index (χ1) is 10.9. The number of amides is 2. The van der Waals surface area contributed by atoms with Crippen LogP contribution in [-0.2, 0) is 19.6 Å². The van der Waals surface area contributed by atoms with Crippen molar-refractivity contribution in [3.8, 4) is 0 Å². The molecule has 1 atom stereocenters. The summed E-state index contributed by atoms with van der Waals surface area (Å²) in [5, 5.41) is 2.67. The highest BCUT2D eigenvalue weighted by molar-refractivity contribution is 7.89. The number of benzene rings is 1. The summed E-state index contributed by atoms with van der Waals surface area (Å²) in [7, 11) is -3.56. The zero-order valence-corrected chi connectivity index (χ0v) is 13.8. The van der Waals surface area contributed by atoms with Crippen LogP contribution in [0, 0.1) is 5.92 Å². The molecule has 23 heavy (non-hydrogen) atoms. The van der Waals surface area contributed by atoms with Gasteiger partial charge in [0, 0.05) is 32.6 Å². The van der Waals surface area contributed by atoms with E-state index in [1.165, 1.54) is 12.1 Å². The summed E-state index contributed by atoms with van der Waals surface area (Å²) in [6.45, 7) is 3.18. The van der Waals surface area contributed by atoms with Gasteiger partial charge in [0.25, 0.3) is 0 Å². The van der Waals surface area contributed by atoms with Crippen molar-refractivity contribution < 1.29 is 18.0 Å². The fraction of sp³-hybridized carbons (Fsp3) is 0.467. The molecule has 1 aliphatic heterocycles. The van der Waals surface area contributed by atoms with E-state index in [0.717, 1.165) is 0 Å². The Kier molecular flexibility index (Phi) is 5.73. The molecule has 0 bridgehead atoms. The van der Waals surface area contributed by atoms with Gasteiger partial charge in [-0.05, 0) is 19.1 Å². The molecule has 7 nitrogen and oxygen atoms in total. The van der Waals surface area contributed by atoms with Gasteiger partial charge in [-0.25, -0.2) is 13.1 Å². The minimum atomic E-state index is -3.56. The van der Waals surface area contributed by atoms with Crippen molar-refractivity contribution in [2.75, 3.05) is 26.2 Å². The molecule has 0 spiro atoms. The second-order valence-corrected chi connectivity index (χ2v) is 7.10. The average Bonchev–Trinajstić information content (AvgIpc) is 2.93. The Bertz CT molecular complexity index is 661. The molecule has 8 heteroatoms. The van der Waals surface area contributed by atoms with E-state index in [4.69, 9.17) is 0 Å². The van der Waals surface area contributed by atoms with Crippen molar-refractivity contribution in [1.82, 2.24) is 14.9 Å². The van der Waals surface area contributed by atoms with Gasteiger partial charge in [0.1, 0.15) is 0 Å². The molecule has 2 N–H and O–H groups in total. The third-order valence-corrected chi connectivity index (χ3v) is 5.21. The number of carbonyl (C=O) groups excluding carboxylic acids is 2. The minimum Gasteiger partial charge on any atom is -0.354 e. The lowest BCUT2D eigenvalue weighted by Gasteiger charge is -2.13. The molecule has 0 saturated carbocycles. The largest absolute Gasteiger partial charge is 0.354 e. The number of carbonyl (C=O) groups is 2. The number of nitrogens with one attached hydrogen (secondary N) is 2. The highest BCUT2D eigenvalue weighted by atomic mass is 32.2. The highest BCUT2D eigenvalue weighted by Gasteiger charge is 2.33. The molecule has 1 unspecified atom stereocenters. The van der Waals surface area contributed by atoms with Crippen molar-refractivity contribution in [3.05, 3.63) is 30.3 Å². The van der Waals surface area contributed by atoms with Crippen LogP contribution in [-0.4, -0.2) is 51.3 Å². The third-order valence-electron chi connectivity index (χ3n) is 3.74. The zero-order valence-electron chi connectivity index (χ0n) is 13.0. The third kappa shape index (κ3) is 4.52. The molecule has 1 aliphatic rings. The number of hydrogen-bond donors (Lipinski definition) is 2. The summed E-state index contributed by atoms with van der Waals surface area (Å²) in [6.07, 6.45) is 0.218. The summed E-state index contributed by atoms with van der Waals surface area (Å²) in [6, 6.07) is 8.04. The van der Waals surface area contributed by atoms with Crippen LogP contribution in [0.2, 0.25) is 0 Å². The lowest BCUT2D eigenvalue weighted by Crippen LogP contribution is -2.38. The van der Waals surface area contributed by atoms with Crippen molar-refractivity contribution in [3.63, 3.8) is 0 Å². The van der Waals surface area contributed by atoms with E-state index in [-0.39, 0.29) is 42.1 Å². The number of sulfonamides is 1. The Hall–Kier alpha value is -1.93. The van der Waals surface area contributed by atoms with Crippen LogP contribution in [0.15, 0.2) is 35.2 Å². The molecule has 1 aromatic carbocycles. The Morgan fingerprint density at radius 3 is 2.57 bits per heavy atom. The smallest absolute Gasteiger partial charge is 0.240 e. The van der Waals surface area contributed by atoms with Gasteiger partial charge in [-0.3, -0.25) is 9.59 Å². The lowest BCUT2D eigenvalue weighted by molar-refractivity contribution is -0.128. The Labute approximate surface area is 136 Å². The van der Waals surface area contributed by atoms with Crippen molar-refractivity contribution >= 4 is 21.8 Å². The van der Waals surface area contributed by atoms with Crippen LogP contribution in [0.1, 0.15) is 13.3 Å². The van der Waals surface area contributed by atoms with E-state index in [0.29, 0.717) is 13.1 Å². The predicted octanol–water partition coefficient (Wildman–Crippen LogP) is -0.0505. The van der Waals surface area contributed by atoms with Crippen molar-refractivity contribution in [2.45, 2.75) is 18.2 Å². The fourth-order valence-corrected chi connectivity index (χ4v) is 3.50. The molecule has 0 aromatic heterocycles. The van der Waals surface area contributed by atoms with Crippen LogP contribution >= 0.6 is 0 Å². The normalized spacial score (nSPS) is 18.2. The Morgan fingerprint density at radius 1 is 1.26 bits per heavy atom. The molecule has 1 saturated heterocycles. The molecule has 126 valence electrons. The molecule has 1 heterocycles. The van der Waals surface area contributed by atoms with Gasteiger partial charge in [-0.1, -0.05) is 18.2 Å². The summed E-state index contributed by atoms with van der Waals surface area (Å²) in [4.78, 5) is 25.4. The van der Waals surface area contributed by atoms with Crippen LogP contribution in [0.5, 0.6) is 0 Å². The fourth-order valence-electron chi connectivity index (χ4n) is 2.45. The quantitative estimate of drug-likeness (QED) is 0.681. The van der Waals surface area contributed by atoms with Gasteiger partial charge < -0.3 is 10.2 Å². The topological polar surface area (TPSA) is 95.6 Å². The molecule has 0 radical (unpaired) electrons. The molecular weight excluding hydrogens is 318 g/mol. The van der Waals surface area contributed by atoms with E-state index in [2.05, 4.69) is 10.0 Å². The molecule has 2 rings (SSSR count). The first kappa shape index (κ1) is 17.4. The zero-order chi connectivity index (χ0) is 16.9. The first-order valence-corrected chi connectivity index (χ1v) is 9.02. The maximum atomic E-state index is 12.0. The number of hydrogen-bond acceptors (Lipinski definition) is 4. The monoisotopic (exact) mass is 339 g/mol. The maximum absolute atomic E-state index is 12.0. The molecule has 0 aliphatic carbocycles. The predicted molar refractivity (Wildman–Crippen MR) is 85.0 cm³/mol. The van der Waals surface area contributed by atoms with Crippen LogP contribution in [0.4, 0.5) is 0 Å².